The van der Waals surface area contributed by atoms with E-state index in [1.807, 2.05) is 13.0 Å². The molecule has 0 aliphatic carbocycles. The van der Waals surface area contributed by atoms with Crippen molar-refractivity contribution in [2.24, 2.45) is 0 Å². The van der Waals surface area contributed by atoms with Crippen LogP contribution in [0.25, 0.3) is 0 Å². The third-order valence-electron chi connectivity index (χ3n) is 4.05. The molecule has 0 saturated carbocycles. The molecule has 1 aliphatic heterocycles. The van der Waals surface area contributed by atoms with Gasteiger partial charge >= 0.3 is 0 Å². The van der Waals surface area contributed by atoms with Gasteiger partial charge in [0.25, 0.3) is 5.69 Å². The Balaban J connectivity index is 2.14. The van der Waals surface area contributed by atoms with Crippen molar-refractivity contribution in [2.75, 3.05) is 18.4 Å². The van der Waals surface area contributed by atoms with Crippen molar-refractivity contribution in [3.8, 4) is 0 Å². The minimum absolute atomic E-state index is 0.191. The van der Waals surface area contributed by atoms with Crippen molar-refractivity contribution in [3.05, 3.63) is 33.4 Å². The molecule has 5 nitrogen and oxygen atoms in total. The van der Waals surface area contributed by atoms with Gasteiger partial charge in [-0.3, -0.25) is 15.0 Å². The predicted octanol–water partition coefficient (Wildman–Crippen LogP) is 3.11. The summed E-state index contributed by atoms with van der Waals surface area (Å²) >= 11 is 0. The Morgan fingerprint density at radius 2 is 2.05 bits per heavy atom. The smallest absolute Gasteiger partial charge is 0.274 e. The highest BCUT2D eigenvalue weighted by Gasteiger charge is 2.25. The van der Waals surface area contributed by atoms with Crippen LogP contribution in [-0.4, -0.2) is 35.0 Å². The molecule has 1 saturated heterocycles. The van der Waals surface area contributed by atoms with E-state index in [9.17, 15) is 10.1 Å². The van der Waals surface area contributed by atoms with Gasteiger partial charge in [0.15, 0.2) is 0 Å². The fraction of sp³-hybridized carbons (Fsp3) is 0.600. The lowest BCUT2D eigenvalue weighted by molar-refractivity contribution is -0.385. The van der Waals surface area contributed by atoms with E-state index < -0.39 is 0 Å². The van der Waals surface area contributed by atoms with Crippen molar-refractivity contribution in [1.29, 1.82) is 0 Å². The maximum absolute atomic E-state index is 11.0. The third-order valence-corrected chi connectivity index (χ3v) is 4.05. The van der Waals surface area contributed by atoms with Crippen LogP contribution in [0.3, 0.4) is 0 Å². The van der Waals surface area contributed by atoms with Crippen molar-refractivity contribution in [3.63, 3.8) is 0 Å². The molecule has 5 heteroatoms. The molecule has 1 aromatic rings. The molecular weight excluding hydrogens is 254 g/mol. The van der Waals surface area contributed by atoms with Crippen LogP contribution < -0.4 is 5.32 Å². The van der Waals surface area contributed by atoms with Crippen LogP contribution in [0.4, 0.5) is 11.4 Å². The summed E-state index contributed by atoms with van der Waals surface area (Å²) in [5, 5.41) is 14.5. The molecule has 1 heterocycles. The second kappa shape index (κ2) is 5.79. The van der Waals surface area contributed by atoms with E-state index in [4.69, 9.17) is 0 Å². The normalized spacial score (nSPS) is 19.6. The number of hydrogen-bond acceptors (Lipinski definition) is 4. The van der Waals surface area contributed by atoms with Crippen molar-refractivity contribution < 1.29 is 4.92 Å². The number of nitrogens with zero attached hydrogens (tertiary/aromatic N) is 2. The fourth-order valence-corrected chi connectivity index (χ4v) is 2.79. The van der Waals surface area contributed by atoms with Crippen LogP contribution in [0.15, 0.2) is 12.1 Å². The summed E-state index contributed by atoms with van der Waals surface area (Å²) in [5.41, 5.74) is 2.86. The lowest BCUT2D eigenvalue weighted by Crippen LogP contribution is -2.31. The van der Waals surface area contributed by atoms with E-state index in [-0.39, 0.29) is 10.6 Å². The largest absolute Gasteiger partial charge is 0.381 e. The van der Waals surface area contributed by atoms with Crippen molar-refractivity contribution in [1.82, 2.24) is 4.90 Å². The molecule has 0 amide bonds. The molecule has 0 aromatic heterocycles. The minimum atomic E-state index is -0.310. The molecule has 110 valence electrons. The maximum Gasteiger partial charge on any atom is 0.274 e. The Kier molecular flexibility index (Phi) is 4.28. The molecule has 1 fully saturated rings. The quantitative estimate of drug-likeness (QED) is 0.678. The first-order chi connectivity index (χ1) is 9.38. The van der Waals surface area contributed by atoms with Gasteiger partial charge in [-0.05, 0) is 45.7 Å². The Labute approximate surface area is 120 Å². The predicted molar refractivity (Wildman–Crippen MR) is 81.3 cm³/mol. The highest BCUT2D eigenvalue weighted by Crippen LogP contribution is 2.28. The van der Waals surface area contributed by atoms with Crippen LogP contribution in [0.1, 0.15) is 31.4 Å². The first-order valence-corrected chi connectivity index (χ1v) is 7.14. The lowest BCUT2D eigenvalue weighted by atomic mass is 10.1. The van der Waals surface area contributed by atoms with Crippen molar-refractivity contribution >= 4 is 11.4 Å². The van der Waals surface area contributed by atoms with Gasteiger partial charge in [-0.2, -0.15) is 0 Å². The van der Waals surface area contributed by atoms with E-state index in [0.717, 1.165) is 30.8 Å². The number of rotatable bonds is 4. The molecule has 1 N–H and O–H groups in total. The molecule has 1 aliphatic rings. The van der Waals surface area contributed by atoms with Crippen LogP contribution in [0.2, 0.25) is 0 Å². The van der Waals surface area contributed by atoms with E-state index in [2.05, 4.69) is 24.1 Å². The summed E-state index contributed by atoms with van der Waals surface area (Å²) in [4.78, 5) is 13.1. The third kappa shape index (κ3) is 3.10. The van der Waals surface area contributed by atoms with E-state index in [0.29, 0.717) is 17.6 Å². The van der Waals surface area contributed by atoms with Crippen molar-refractivity contribution in [2.45, 2.75) is 46.2 Å². The second-order valence-corrected chi connectivity index (χ2v) is 5.93. The molecule has 0 radical (unpaired) electrons. The first kappa shape index (κ1) is 14.8. The first-order valence-electron chi connectivity index (χ1n) is 7.14. The number of nitro benzene ring substituents is 1. The zero-order valence-corrected chi connectivity index (χ0v) is 12.6. The molecule has 0 spiro atoms. The highest BCUT2D eigenvalue weighted by molar-refractivity contribution is 5.60. The molecule has 1 aromatic carbocycles. The van der Waals surface area contributed by atoms with Crippen LogP contribution in [0.5, 0.6) is 0 Å². The maximum atomic E-state index is 11.0. The summed E-state index contributed by atoms with van der Waals surface area (Å²) in [5.74, 6) is 0. The zero-order valence-electron chi connectivity index (χ0n) is 12.6. The van der Waals surface area contributed by atoms with Gasteiger partial charge < -0.3 is 5.32 Å². The number of aryl methyl sites for hydroxylation is 2. The number of likely N-dealkylation sites (tertiary alicyclic amines) is 1. The van der Waals surface area contributed by atoms with Gasteiger partial charge in [-0.25, -0.2) is 0 Å². The average molecular weight is 277 g/mol. The summed E-state index contributed by atoms with van der Waals surface area (Å²) in [6.07, 6.45) is 1.08. The topological polar surface area (TPSA) is 58.4 Å². The second-order valence-electron chi connectivity index (χ2n) is 5.93. The van der Waals surface area contributed by atoms with Gasteiger partial charge in [0.05, 0.1) is 4.92 Å². The SMILES string of the molecule is Cc1cc(C)c([N+](=O)[O-])cc1NC1CCN(C(C)C)C1. The van der Waals surface area contributed by atoms with Gasteiger partial charge in [0.1, 0.15) is 0 Å². The standard InChI is InChI=1S/C15H23N3O2/c1-10(2)17-6-5-13(9-17)16-14-8-15(18(19)20)12(4)7-11(14)3/h7-8,10,13,16H,5-6,9H2,1-4H3. The zero-order chi connectivity index (χ0) is 14.9. The molecular formula is C15H23N3O2. The molecule has 2 rings (SSSR count). The van der Waals surface area contributed by atoms with Crippen LogP contribution in [0, 0.1) is 24.0 Å². The van der Waals surface area contributed by atoms with Gasteiger partial charge in [0, 0.05) is 42.5 Å². The molecule has 20 heavy (non-hydrogen) atoms. The van der Waals surface area contributed by atoms with Gasteiger partial charge in [-0.1, -0.05) is 0 Å². The number of benzene rings is 1. The number of nitro groups is 1. The van der Waals surface area contributed by atoms with Crippen LogP contribution >= 0.6 is 0 Å². The molecule has 1 unspecified atom stereocenters. The van der Waals surface area contributed by atoms with E-state index in [1.165, 1.54) is 0 Å². The number of nitrogens with one attached hydrogen (secondary N) is 1. The Morgan fingerprint density at radius 1 is 1.35 bits per heavy atom. The Bertz CT molecular complexity index is 514. The molecule has 0 bridgehead atoms. The monoisotopic (exact) mass is 277 g/mol. The summed E-state index contributed by atoms with van der Waals surface area (Å²) in [6.45, 7) is 10.3. The summed E-state index contributed by atoms with van der Waals surface area (Å²) in [6, 6.07) is 4.48. The Hall–Kier alpha value is -1.62. The Morgan fingerprint density at radius 3 is 2.60 bits per heavy atom. The molecule has 1 atom stereocenters. The van der Waals surface area contributed by atoms with Gasteiger partial charge in [-0.15, -0.1) is 0 Å². The minimum Gasteiger partial charge on any atom is -0.381 e. The van der Waals surface area contributed by atoms with E-state index in [1.54, 1.807) is 13.0 Å². The highest BCUT2D eigenvalue weighted by atomic mass is 16.6. The number of hydrogen-bond donors (Lipinski definition) is 1. The fourth-order valence-electron chi connectivity index (χ4n) is 2.79. The summed E-state index contributed by atoms with van der Waals surface area (Å²) < 4.78 is 0. The van der Waals surface area contributed by atoms with E-state index >= 15 is 0 Å². The van der Waals surface area contributed by atoms with Gasteiger partial charge in [0.2, 0.25) is 0 Å². The lowest BCUT2D eigenvalue weighted by Gasteiger charge is -2.21. The number of anilines is 1. The van der Waals surface area contributed by atoms with Crippen LogP contribution in [-0.2, 0) is 0 Å². The average Bonchev–Trinajstić information content (AvgIpc) is 2.80. The summed E-state index contributed by atoms with van der Waals surface area (Å²) in [7, 11) is 0.